The summed E-state index contributed by atoms with van der Waals surface area (Å²) in [6.45, 7) is 7.20. The minimum Gasteiger partial charge on any atom is -0.393 e. The Morgan fingerprint density at radius 3 is 2.84 bits per heavy atom. The van der Waals surface area contributed by atoms with Crippen LogP contribution >= 0.6 is 11.3 Å². The third kappa shape index (κ3) is 3.25. The van der Waals surface area contributed by atoms with Gasteiger partial charge in [-0.1, -0.05) is 25.2 Å². The minimum absolute atomic E-state index is 0.0196. The number of amides is 1. The van der Waals surface area contributed by atoms with E-state index in [1.54, 1.807) is 6.92 Å². The smallest absolute Gasteiger partial charge is 0.265 e. The predicted molar refractivity (Wildman–Crippen MR) is 76.2 cm³/mol. The monoisotopic (exact) mass is 283 g/mol. The number of hydrogen-bond acceptors (Lipinski definition) is 5. The van der Waals surface area contributed by atoms with Crippen molar-refractivity contribution in [1.82, 2.24) is 9.88 Å². The summed E-state index contributed by atoms with van der Waals surface area (Å²) in [5, 5.41) is 10.3. The molecule has 6 heteroatoms. The van der Waals surface area contributed by atoms with Crippen LogP contribution < -0.4 is 5.73 Å². The van der Waals surface area contributed by atoms with Gasteiger partial charge < -0.3 is 15.7 Å². The van der Waals surface area contributed by atoms with Crippen LogP contribution in [0.2, 0.25) is 0 Å². The van der Waals surface area contributed by atoms with Crippen LogP contribution in [-0.4, -0.2) is 40.1 Å². The second-order valence-electron chi connectivity index (χ2n) is 6.00. The number of aromatic nitrogens is 1. The molecule has 1 aliphatic rings. The Kier molecular flexibility index (Phi) is 3.82. The van der Waals surface area contributed by atoms with Crippen LogP contribution in [0.4, 0.5) is 5.13 Å². The Labute approximate surface area is 117 Å². The zero-order chi connectivity index (χ0) is 14.2. The van der Waals surface area contributed by atoms with Crippen molar-refractivity contribution in [1.29, 1.82) is 0 Å². The van der Waals surface area contributed by atoms with E-state index in [-0.39, 0.29) is 17.4 Å². The van der Waals surface area contributed by atoms with Crippen molar-refractivity contribution in [2.75, 3.05) is 18.8 Å². The van der Waals surface area contributed by atoms with Crippen LogP contribution in [0.1, 0.15) is 42.1 Å². The maximum absolute atomic E-state index is 12.5. The molecule has 1 amide bonds. The molecule has 1 aliphatic heterocycles. The lowest BCUT2D eigenvalue weighted by molar-refractivity contribution is 0.0709. The number of nitrogens with zero attached hydrogens (tertiary/aromatic N) is 2. The van der Waals surface area contributed by atoms with Crippen LogP contribution in [0.3, 0.4) is 0 Å². The van der Waals surface area contributed by atoms with Crippen molar-refractivity contribution >= 4 is 22.4 Å². The van der Waals surface area contributed by atoms with Gasteiger partial charge in [0, 0.05) is 13.1 Å². The summed E-state index contributed by atoms with van der Waals surface area (Å²) >= 11 is 1.24. The number of anilines is 1. The van der Waals surface area contributed by atoms with E-state index in [0.717, 1.165) is 6.42 Å². The average molecular weight is 283 g/mol. The largest absolute Gasteiger partial charge is 0.393 e. The van der Waals surface area contributed by atoms with Crippen LogP contribution in [-0.2, 0) is 0 Å². The van der Waals surface area contributed by atoms with Crippen molar-refractivity contribution in [3.8, 4) is 0 Å². The Morgan fingerprint density at radius 2 is 2.26 bits per heavy atom. The fourth-order valence-corrected chi connectivity index (χ4v) is 3.44. The van der Waals surface area contributed by atoms with Crippen LogP contribution in [0.25, 0.3) is 0 Å². The molecule has 0 spiro atoms. The lowest BCUT2D eigenvalue weighted by atomic mass is 9.87. The van der Waals surface area contributed by atoms with E-state index in [9.17, 15) is 9.90 Å². The van der Waals surface area contributed by atoms with Gasteiger partial charge in [0.25, 0.3) is 5.91 Å². The van der Waals surface area contributed by atoms with Crippen LogP contribution in [0.15, 0.2) is 0 Å². The summed E-state index contributed by atoms with van der Waals surface area (Å²) in [4.78, 5) is 19.1. The molecule has 0 aliphatic carbocycles. The Morgan fingerprint density at radius 1 is 1.58 bits per heavy atom. The highest BCUT2D eigenvalue weighted by molar-refractivity contribution is 7.17. The van der Waals surface area contributed by atoms with Crippen molar-refractivity contribution in [3.05, 3.63) is 10.6 Å². The maximum Gasteiger partial charge on any atom is 0.265 e. The number of hydrogen-bond donors (Lipinski definition) is 2. The molecule has 3 N–H and O–H groups in total. The Bertz CT molecular complexity index is 484. The molecule has 0 bridgehead atoms. The zero-order valence-electron chi connectivity index (χ0n) is 11.6. The van der Waals surface area contributed by atoms with E-state index >= 15 is 0 Å². The van der Waals surface area contributed by atoms with Gasteiger partial charge in [0.1, 0.15) is 4.88 Å². The van der Waals surface area contributed by atoms with Crippen molar-refractivity contribution in [3.63, 3.8) is 0 Å². The zero-order valence-corrected chi connectivity index (χ0v) is 12.5. The topological polar surface area (TPSA) is 79.5 Å². The van der Waals surface area contributed by atoms with E-state index in [1.807, 2.05) is 4.90 Å². The van der Waals surface area contributed by atoms with Gasteiger partial charge in [-0.3, -0.25) is 4.79 Å². The van der Waals surface area contributed by atoms with Crippen LogP contribution in [0.5, 0.6) is 0 Å². The third-order valence-corrected chi connectivity index (χ3v) is 4.41. The van der Waals surface area contributed by atoms with E-state index in [0.29, 0.717) is 35.2 Å². The number of aryl methyl sites for hydroxylation is 1. The average Bonchev–Trinajstić information content (AvgIpc) is 2.53. The van der Waals surface area contributed by atoms with Crippen molar-refractivity contribution < 1.29 is 9.90 Å². The number of rotatable bonds is 1. The van der Waals surface area contributed by atoms with E-state index < -0.39 is 0 Å². The normalized spacial score (nSPS) is 23.2. The highest BCUT2D eigenvalue weighted by Crippen LogP contribution is 2.30. The maximum atomic E-state index is 12.5. The summed E-state index contributed by atoms with van der Waals surface area (Å²) in [5.41, 5.74) is 6.27. The molecule has 1 atom stereocenters. The van der Waals surface area contributed by atoms with Gasteiger partial charge in [0.05, 0.1) is 11.8 Å². The number of aliphatic hydroxyl groups is 1. The van der Waals surface area contributed by atoms with E-state index in [1.165, 1.54) is 11.3 Å². The molecule has 0 saturated carbocycles. The molecule has 0 unspecified atom stereocenters. The third-order valence-electron chi connectivity index (χ3n) is 3.43. The van der Waals surface area contributed by atoms with E-state index in [4.69, 9.17) is 5.73 Å². The number of aliphatic hydroxyl groups excluding tert-OH is 1. The standard InChI is InChI=1S/C13H21N3O2S/c1-8-10(19-12(14)15-8)11(18)16-5-4-9(17)6-13(2,3)7-16/h9,17H,4-7H2,1-3H3,(H2,14,15)/t9-/m1/s1. The summed E-state index contributed by atoms with van der Waals surface area (Å²) in [6.07, 6.45) is 1.02. The molecule has 0 aromatic carbocycles. The summed E-state index contributed by atoms with van der Waals surface area (Å²) in [5.74, 6) is -0.0196. The molecule has 1 saturated heterocycles. The molecule has 0 radical (unpaired) electrons. The fourth-order valence-electron chi connectivity index (χ4n) is 2.64. The number of carbonyl (C=O) groups is 1. The van der Waals surface area contributed by atoms with Gasteiger partial charge in [-0.05, 0) is 25.2 Å². The molecular formula is C13H21N3O2S. The molecule has 5 nitrogen and oxygen atoms in total. The first-order valence-corrected chi connectivity index (χ1v) is 7.30. The Balaban J connectivity index is 2.21. The number of nitrogen functional groups attached to an aromatic ring is 1. The number of nitrogens with two attached hydrogens (primary N) is 1. The van der Waals surface area contributed by atoms with Gasteiger partial charge in [-0.2, -0.15) is 0 Å². The molecule has 19 heavy (non-hydrogen) atoms. The molecule has 1 aromatic rings. The van der Waals surface area contributed by atoms with Gasteiger partial charge in [-0.25, -0.2) is 4.98 Å². The first-order valence-electron chi connectivity index (χ1n) is 6.49. The van der Waals surface area contributed by atoms with E-state index in [2.05, 4.69) is 18.8 Å². The fraction of sp³-hybridized carbons (Fsp3) is 0.692. The predicted octanol–water partition coefficient (Wildman–Crippen LogP) is 1.66. The number of likely N-dealkylation sites (tertiary alicyclic amines) is 1. The lowest BCUT2D eigenvalue weighted by Gasteiger charge is -2.29. The van der Waals surface area contributed by atoms with Gasteiger partial charge in [-0.15, -0.1) is 0 Å². The first-order chi connectivity index (χ1) is 8.78. The molecular weight excluding hydrogens is 262 g/mol. The van der Waals surface area contributed by atoms with Crippen molar-refractivity contribution in [2.24, 2.45) is 5.41 Å². The highest BCUT2D eigenvalue weighted by atomic mass is 32.1. The first kappa shape index (κ1) is 14.3. The van der Waals surface area contributed by atoms with Gasteiger partial charge in [0.15, 0.2) is 5.13 Å². The van der Waals surface area contributed by atoms with Crippen molar-refractivity contribution in [2.45, 2.75) is 39.7 Å². The molecule has 2 heterocycles. The quantitative estimate of drug-likeness (QED) is 0.821. The molecule has 2 rings (SSSR count). The molecule has 1 aromatic heterocycles. The highest BCUT2D eigenvalue weighted by Gasteiger charge is 2.32. The summed E-state index contributed by atoms with van der Waals surface area (Å²) in [7, 11) is 0. The Hall–Kier alpha value is -1.14. The SMILES string of the molecule is Cc1nc(N)sc1C(=O)N1CC[C@@H](O)CC(C)(C)C1. The summed E-state index contributed by atoms with van der Waals surface area (Å²) in [6, 6.07) is 0. The van der Waals surface area contributed by atoms with Gasteiger partial charge in [0.2, 0.25) is 0 Å². The van der Waals surface area contributed by atoms with Gasteiger partial charge >= 0.3 is 0 Å². The number of carbonyl (C=O) groups excluding carboxylic acids is 1. The summed E-state index contributed by atoms with van der Waals surface area (Å²) < 4.78 is 0. The second kappa shape index (κ2) is 5.09. The van der Waals surface area contributed by atoms with Crippen LogP contribution in [0, 0.1) is 12.3 Å². The lowest BCUT2D eigenvalue weighted by Crippen LogP contribution is -2.37. The minimum atomic E-state index is -0.333. The second-order valence-corrected chi connectivity index (χ2v) is 7.03. The molecule has 106 valence electrons. The molecule has 1 fully saturated rings. The number of thiazole rings is 1.